The minimum atomic E-state index is -0.171. The van der Waals surface area contributed by atoms with Crippen LogP contribution in [-0.2, 0) is 12.8 Å². The van der Waals surface area contributed by atoms with Gasteiger partial charge >= 0.3 is 0 Å². The fraction of sp³-hybridized carbons (Fsp3) is 0.571. The van der Waals surface area contributed by atoms with Gasteiger partial charge in [-0.05, 0) is 36.3 Å². The maximum Gasteiger partial charge on any atom is 0.0566 e. The van der Waals surface area contributed by atoms with E-state index in [-0.39, 0.29) is 6.10 Å². The molecule has 0 aliphatic rings. The molecule has 1 aromatic rings. The van der Waals surface area contributed by atoms with Crippen LogP contribution in [-0.4, -0.2) is 11.2 Å². The van der Waals surface area contributed by atoms with Crippen molar-refractivity contribution < 1.29 is 5.11 Å². The molecule has 0 radical (unpaired) electrons. The predicted octanol–water partition coefficient (Wildman–Crippen LogP) is 3.20. The first-order valence-electron chi connectivity index (χ1n) is 5.93. The quantitative estimate of drug-likeness (QED) is 0.784. The molecular formula is C14H22O. The number of aryl methyl sites for hydroxylation is 1. The van der Waals surface area contributed by atoms with E-state index in [1.807, 2.05) is 6.92 Å². The third-order valence-electron chi connectivity index (χ3n) is 3.06. The summed E-state index contributed by atoms with van der Waals surface area (Å²) in [6.07, 6.45) is 2.73. The molecule has 1 N–H and O–H groups in total. The van der Waals surface area contributed by atoms with Crippen molar-refractivity contribution in [2.24, 2.45) is 5.92 Å². The van der Waals surface area contributed by atoms with E-state index in [0.29, 0.717) is 5.92 Å². The van der Waals surface area contributed by atoms with Crippen molar-refractivity contribution in [1.82, 2.24) is 0 Å². The summed E-state index contributed by atoms with van der Waals surface area (Å²) < 4.78 is 0. The van der Waals surface area contributed by atoms with Gasteiger partial charge in [-0.25, -0.2) is 0 Å². The summed E-state index contributed by atoms with van der Waals surface area (Å²) in [5.74, 6) is 0.350. The molecule has 1 heteroatoms. The molecule has 0 amide bonds. The Hall–Kier alpha value is -0.820. The highest BCUT2D eigenvalue weighted by Crippen LogP contribution is 2.15. The molecule has 0 aliphatic heterocycles. The first kappa shape index (κ1) is 12.3. The van der Waals surface area contributed by atoms with Crippen molar-refractivity contribution in [1.29, 1.82) is 0 Å². The lowest BCUT2D eigenvalue weighted by Crippen LogP contribution is -2.18. The zero-order chi connectivity index (χ0) is 11.3. The van der Waals surface area contributed by atoms with Gasteiger partial charge in [0.1, 0.15) is 0 Å². The first-order chi connectivity index (χ1) is 7.17. The Bertz CT molecular complexity index is 276. The van der Waals surface area contributed by atoms with Gasteiger partial charge in [0, 0.05) is 0 Å². The van der Waals surface area contributed by atoms with Crippen molar-refractivity contribution in [2.45, 2.75) is 46.1 Å². The molecule has 0 spiro atoms. The fourth-order valence-electron chi connectivity index (χ4n) is 1.82. The predicted molar refractivity (Wildman–Crippen MR) is 65.0 cm³/mol. The van der Waals surface area contributed by atoms with Crippen LogP contribution in [0.15, 0.2) is 24.3 Å². The number of hydrogen-bond donors (Lipinski definition) is 1. The van der Waals surface area contributed by atoms with E-state index >= 15 is 0 Å². The van der Waals surface area contributed by atoms with E-state index in [1.54, 1.807) is 0 Å². The highest BCUT2D eigenvalue weighted by atomic mass is 16.3. The van der Waals surface area contributed by atoms with Gasteiger partial charge in [0.15, 0.2) is 0 Å². The van der Waals surface area contributed by atoms with Crippen LogP contribution in [0.1, 0.15) is 38.3 Å². The Balaban J connectivity index is 2.57. The lowest BCUT2D eigenvalue weighted by Gasteiger charge is -2.17. The topological polar surface area (TPSA) is 20.2 Å². The summed E-state index contributed by atoms with van der Waals surface area (Å²) in [4.78, 5) is 0. The number of aliphatic hydroxyl groups is 1. The van der Waals surface area contributed by atoms with Gasteiger partial charge in [-0.2, -0.15) is 0 Å². The van der Waals surface area contributed by atoms with Gasteiger partial charge in [0.25, 0.3) is 0 Å². The van der Waals surface area contributed by atoms with Crippen molar-refractivity contribution >= 4 is 0 Å². The maximum atomic E-state index is 9.69. The van der Waals surface area contributed by atoms with Crippen LogP contribution in [0, 0.1) is 5.92 Å². The summed E-state index contributed by atoms with van der Waals surface area (Å²) in [6.45, 7) is 6.31. The first-order valence-corrected chi connectivity index (χ1v) is 5.93. The Kier molecular flexibility index (Phi) is 4.83. The van der Waals surface area contributed by atoms with Gasteiger partial charge < -0.3 is 5.11 Å². The zero-order valence-electron chi connectivity index (χ0n) is 10.0. The van der Waals surface area contributed by atoms with Crippen LogP contribution < -0.4 is 0 Å². The zero-order valence-corrected chi connectivity index (χ0v) is 10.0. The summed E-state index contributed by atoms with van der Waals surface area (Å²) >= 11 is 0. The average molecular weight is 206 g/mol. The third kappa shape index (κ3) is 3.67. The molecule has 1 rings (SSSR count). The molecule has 0 aliphatic carbocycles. The monoisotopic (exact) mass is 206 g/mol. The number of rotatable bonds is 5. The van der Waals surface area contributed by atoms with Crippen molar-refractivity contribution in [3.05, 3.63) is 35.4 Å². The normalized spacial score (nSPS) is 14.9. The minimum Gasteiger partial charge on any atom is -0.393 e. The lowest BCUT2D eigenvalue weighted by atomic mass is 9.94. The molecule has 0 fully saturated rings. The molecule has 84 valence electrons. The standard InChI is InChI=1S/C14H22O/c1-4-12-6-8-13(9-7-12)10-11(3)14(15)5-2/h6-9,11,14-15H,4-5,10H2,1-3H3. The second-order valence-electron chi connectivity index (χ2n) is 4.33. The Labute approximate surface area is 93.1 Å². The van der Waals surface area contributed by atoms with E-state index < -0.39 is 0 Å². The van der Waals surface area contributed by atoms with Gasteiger partial charge in [0.2, 0.25) is 0 Å². The molecule has 1 aromatic carbocycles. The van der Waals surface area contributed by atoms with E-state index in [2.05, 4.69) is 38.1 Å². The van der Waals surface area contributed by atoms with Gasteiger partial charge in [-0.15, -0.1) is 0 Å². The van der Waals surface area contributed by atoms with E-state index in [0.717, 1.165) is 19.3 Å². The van der Waals surface area contributed by atoms with Crippen LogP contribution in [0.3, 0.4) is 0 Å². The van der Waals surface area contributed by atoms with Crippen LogP contribution >= 0.6 is 0 Å². The highest BCUT2D eigenvalue weighted by Gasteiger charge is 2.12. The largest absolute Gasteiger partial charge is 0.393 e. The summed E-state index contributed by atoms with van der Waals surface area (Å²) in [5.41, 5.74) is 2.70. The van der Waals surface area contributed by atoms with Crippen LogP contribution in [0.5, 0.6) is 0 Å². The van der Waals surface area contributed by atoms with Gasteiger partial charge in [-0.1, -0.05) is 45.0 Å². The second kappa shape index (κ2) is 5.92. The SMILES string of the molecule is CCc1ccc(CC(C)C(O)CC)cc1. The Morgan fingerprint density at radius 3 is 2.07 bits per heavy atom. The fourth-order valence-corrected chi connectivity index (χ4v) is 1.82. The molecule has 1 nitrogen and oxygen atoms in total. The van der Waals surface area contributed by atoms with E-state index in [9.17, 15) is 5.11 Å². The molecule has 0 saturated carbocycles. The highest BCUT2D eigenvalue weighted by molar-refractivity contribution is 5.22. The second-order valence-corrected chi connectivity index (χ2v) is 4.33. The molecule has 0 aromatic heterocycles. The lowest BCUT2D eigenvalue weighted by molar-refractivity contribution is 0.113. The molecular weight excluding hydrogens is 184 g/mol. The Morgan fingerprint density at radius 1 is 1.07 bits per heavy atom. The van der Waals surface area contributed by atoms with Crippen molar-refractivity contribution in [2.75, 3.05) is 0 Å². The number of hydrogen-bond acceptors (Lipinski definition) is 1. The summed E-state index contributed by atoms with van der Waals surface area (Å²) in [6, 6.07) is 8.72. The smallest absolute Gasteiger partial charge is 0.0566 e. The minimum absolute atomic E-state index is 0.171. The van der Waals surface area contributed by atoms with Crippen LogP contribution in [0.4, 0.5) is 0 Å². The van der Waals surface area contributed by atoms with Gasteiger partial charge in [0.05, 0.1) is 6.10 Å². The molecule has 15 heavy (non-hydrogen) atoms. The number of aliphatic hydroxyl groups excluding tert-OH is 1. The average Bonchev–Trinajstić information content (AvgIpc) is 2.29. The third-order valence-corrected chi connectivity index (χ3v) is 3.06. The van der Waals surface area contributed by atoms with E-state index in [4.69, 9.17) is 0 Å². The molecule has 0 bridgehead atoms. The van der Waals surface area contributed by atoms with E-state index in [1.165, 1.54) is 11.1 Å². The molecule has 2 atom stereocenters. The number of benzene rings is 1. The summed E-state index contributed by atoms with van der Waals surface area (Å²) in [7, 11) is 0. The maximum absolute atomic E-state index is 9.69. The molecule has 2 unspecified atom stereocenters. The van der Waals surface area contributed by atoms with Crippen molar-refractivity contribution in [3.63, 3.8) is 0 Å². The molecule has 0 heterocycles. The van der Waals surface area contributed by atoms with Crippen LogP contribution in [0.25, 0.3) is 0 Å². The Morgan fingerprint density at radius 2 is 1.60 bits per heavy atom. The summed E-state index contributed by atoms with van der Waals surface area (Å²) in [5, 5.41) is 9.69. The molecule has 0 saturated heterocycles. The van der Waals surface area contributed by atoms with Gasteiger partial charge in [-0.3, -0.25) is 0 Å². The van der Waals surface area contributed by atoms with Crippen molar-refractivity contribution in [3.8, 4) is 0 Å². The van der Waals surface area contributed by atoms with Crippen LogP contribution in [0.2, 0.25) is 0 Å².